The molecule has 0 aromatic rings. The lowest BCUT2D eigenvalue weighted by Crippen LogP contribution is -2.48. The molecule has 0 unspecified atom stereocenters. The Hall–Kier alpha value is -0.120. The van der Waals surface area contributed by atoms with Crippen LogP contribution in [0.15, 0.2) is 0 Å². The second-order valence-electron chi connectivity index (χ2n) is 5.54. The first-order valence-electron chi connectivity index (χ1n) is 6.72. The van der Waals surface area contributed by atoms with E-state index in [0.29, 0.717) is 12.1 Å². The van der Waals surface area contributed by atoms with Gasteiger partial charge < -0.3 is 9.64 Å². The Bertz CT molecular complexity index is 206. The van der Waals surface area contributed by atoms with Crippen molar-refractivity contribution in [2.75, 3.05) is 33.4 Å². The third kappa shape index (κ3) is 2.76. The van der Waals surface area contributed by atoms with Crippen LogP contribution in [0.4, 0.5) is 0 Å². The minimum absolute atomic E-state index is 0.676. The van der Waals surface area contributed by atoms with Crippen LogP contribution >= 0.6 is 0 Å². The summed E-state index contributed by atoms with van der Waals surface area (Å²) in [5, 5.41) is 0. The summed E-state index contributed by atoms with van der Waals surface area (Å²) in [5.74, 6) is 0. The maximum absolute atomic E-state index is 5.48. The van der Waals surface area contributed by atoms with Crippen LogP contribution < -0.4 is 0 Å². The molecule has 2 aliphatic heterocycles. The van der Waals surface area contributed by atoms with Gasteiger partial charge >= 0.3 is 0 Å². The van der Waals surface area contributed by atoms with Gasteiger partial charge in [0.25, 0.3) is 0 Å². The Morgan fingerprint density at radius 3 is 2.31 bits per heavy atom. The number of hydrogen-bond donors (Lipinski definition) is 0. The van der Waals surface area contributed by atoms with E-state index in [1.807, 2.05) is 0 Å². The van der Waals surface area contributed by atoms with Gasteiger partial charge in [-0.15, -0.1) is 0 Å². The molecule has 2 saturated heterocycles. The topological polar surface area (TPSA) is 15.7 Å². The molecule has 0 N–H and O–H groups in total. The Morgan fingerprint density at radius 2 is 1.81 bits per heavy atom. The van der Waals surface area contributed by atoms with Crippen molar-refractivity contribution in [3.8, 4) is 0 Å². The van der Waals surface area contributed by atoms with Gasteiger partial charge in [0.2, 0.25) is 0 Å². The first-order valence-corrected chi connectivity index (χ1v) is 6.72. The van der Waals surface area contributed by atoms with Crippen LogP contribution in [0.5, 0.6) is 0 Å². The van der Waals surface area contributed by atoms with Gasteiger partial charge in [-0.2, -0.15) is 0 Å². The van der Waals surface area contributed by atoms with Gasteiger partial charge in [0.05, 0.1) is 6.61 Å². The van der Waals surface area contributed by atoms with Gasteiger partial charge in [0.1, 0.15) is 0 Å². The molecule has 2 aliphatic rings. The van der Waals surface area contributed by atoms with Crippen molar-refractivity contribution in [3.63, 3.8) is 0 Å². The van der Waals surface area contributed by atoms with E-state index in [9.17, 15) is 0 Å². The van der Waals surface area contributed by atoms with Gasteiger partial charge in [-0.1, -0.05) is 0 Å². The molecule has 94 valence electrons. The van der Waals surface area contributed by atoms with E-state index >= 15 is 0 Å². The van der Waals surface area contributed by atoms with E-state index in [0.717, 1.165) is 19.3 Å². The predicted molar refractivity (Wildman–Crippen MR) is 66.7 cm³/mol. The lowest BCUT2D eigenvalue weighted by molar-refractivity contribution is 0.0747. The fourth-order valence-corrected chi connectivity index (χ4v) is 2.95. The molecule has 2 fully saturated rings. The molecule has 0 radical (unpaired) electrons. The summed E-state index contributed by atoms with van der Waals surface area (Å²) in [6.45, 7) is 9.03. The van der Waals surface area contributed by atoms with E-state index in [-0.39, 0.29) is 0 Å². The Kier molecular flexibility index (Phi) is 4.22. The van der Waals surface area contributed by atoms with Gasteiger partial charge in [-0.05, 0) is 53.2 Å². The fraction of sp³-hybridized carbons (Fsp3) is 1.00. The van der Waals surface area contributed by atoms with Crippen molar-refractivity contribution in [3.05, 3.63) is 0 Å². The maximum Gasteiger partial charge on any atom is 0.0622 e. The maximum atomic E-state index is 5.48. The van der Waals surface area contributed by atoms with Crippen LogP contribution in [0.25, 0.3) is 0 Å². The highest BCUT2D eigenvalue weighted by Gasteiger charge is 2.29. The minimum Gasteiger partial charge on any atom is -0.380 e. The molecule has 1 atom stereocenters. The van der Waals surface area contributed by atoms with Gasteiger partial charge in [0.15, 0.2) is 0 Å². The molecule has 2 rings (SSSR count). The number of piperidine rings is 1. The highest BCUT2D eigenvalue weighted by atomic mass is 16.5. The van der Waals surface area contributed by atoms with Gasteiger partial charge in [-0.3, -0.25) is 4.90 Å². The second-order valence-corrected chi connectivity index (χ2v) is 5.54. The molecule has 3 heteroatoms. The van der Waals surface area contributed by atoms with E-state index in [1.54, 1.807) is 0 Å². The highest BCUT2D eigenvalue weighted by molar-refractivity contribution is 4.84. The first-order chi connectivity index (χ1) is 7.68. The number of rotatable bonds is 3. The Balaban J connectivity index is 1.79. The Morgan fingerprint density at radius 1 is 1.12 bits per heavy atom. The van der Waals surface area contributed by atoms with Crippen LogP contribution in [0, 0.1) is 0 Å². The fourth-order valence-electron chi connectivity index (χ4n) is 2.95. The lowest BCUT2D eigenvalue weighted by Gasteiger charge is -2.40. The number of likely N-dealkylation sites (N-methyl/N-ethyl adjacent to an activating group) is 1. The molecule has 0 amide bonds. The van der Waals surface area contributed by atoms with Crippen molar-refractivity contribution in [2.24, 2.45) is 0 Å². The molecular formula is C13H26N2O. The lowest BCUT2D eigenvalue weighted by atomic mass is 10.0. The van der Waals surface area contributed by atoms with E-state index in [2.05, 4.69) is 30.7 Å². The van der Waals surface area contributed by atoms with Crippen molar-refractivity contribution in [1.82, 2.24) is 9.80 Å². The molecule has 0 aliphatic carbocycles. The SMILES string of the molecule is CC(C)N1CCC(N(C)[C@@H]2CCOC2)CC1. The quantitative estimate of drug-likeness (QED) is 0.726. The van der Waals surface area contributed by atoms with Gasteiger partial charge in [0, 0.05) is 24.7 Å². The van der Waals surface area contributed by atoms with Crippen LogP contribution in [0.1, 0.15) is 33.1 Å². The zero-order chi connectivity index (χ0) is 11.5. The zero-order valence-corrected chi connectivity index (χ0v) is 11.0. The molecule has 16 heavy (non-hydrogen) atoms. The number of nitrogens with zero attached hydrogens (tertiary/aromatic N) is 2. The summed E-state index contributed by atoms with van der Waals surface area (Å²) in [4.78, 5) is 5.17. The summed E-state index contributed by atoms with van der Waals surface area (Å²) < 4.78 is 5.48. The summed E-state index contributed by atoms with van der Waals surface area (Å²) in [6.07, 6.45) is 3.87. The van der Waals surface area contributed by atoms with Crippen molar-refractivity contribution in [1.29, 1.82) is 0 Å². The van der Waals surface area contributed by atoms with Crippen molar-refractivity contribution >= 4 is 0 Å². The predicted octanol–water partition coefficient (Wildman–Crippen LogP) is 1.58. The minimum atomic E-state index is 0.676. The summed E-state index contributed by atoms with van der Waals surface area (Å²) in [6, 6.07) is 2.17. The highest BCUT2D eigenvalue weighted by Crippen LogP contribution is 2.21. The largest absolute Gasteiger partial charge is 0.380 e. The van der Waals surface area contributed by atoms with Crippen LogP contribution in [0.3, 0.4) is 0 Å². The Labute approximate surface area is 99.7 Å². The number of likely N-dealkylation sites (tertiary alicyclic amines) is 1. The van der Waals surface area contributed by atoms with E-state index < -0.39 is 0 Å². The monoisotopic (exact) mass is 226 g/mol. The number of hydrogen-bond acceptors (Lipinski definition) is 3. The van der Waals surface area contributed by atoms with Crippen LogP contribution in [-0.4, -0.2) is 61.3 Å². The van der Waals surface area contributed by atoms with Crippen LogP contribution in [0.2, 0.25) is 0 Å². The zero-order valence-electron chi connectivity index (χ0n) is 11.0. The molecule has 0 aromatic carbocycles. The van der Waals surface area contributed by atoms with Crippen LogP contribution in [-0.2, 0) is 4.74 Å². The molecule has 3 nitrogen and oxygen atoms in total. The third-order valence-electron chi connectivity index (χ3n) is 4.29. The van der Waals surface area contributed by atoms with Crippen molar-refractivity contribution in [2.45, 2.75) is 51.2 Å². The molecule has 0 saturated carbocycles. The average Bonchev–Trinajstić information content (AvgIpc) is 2.81. The molecule has 0 spiro atoms. The van der Waals surface area contributed by atoms with Gasteiger partial charge in [-0.25, -0.2) is 0 Å². The molecule has 0 aromatic heterocycles. The molecular weight excluding hydrogens is 200 g/mol. The summed E-state index contributed by atoms with van der Waals surface area (Å²) >= 11 is 0. The molecule has 2 heterocycles. The van der Waals surface area contributed by atoms with E-state index in [1.165, 1.54) is 32.4 Å². The summed E-state index contributed by atoms with van der Waals surface area (Å²) in [5.41, 5.74) is 0. The second kappa shape index (κ2) is 5.48. The summed E-state index contributed by atoms with van der Waals surface area (Å²) in [7, 11) is 2.29. The third-order valence-corrected chi connectivity index (χ3v) is 4.29. The van der Waals surface area contributed by atoms with E-state index in [4.69, 9.17) is 4.74 Å². The normalized spacial score (nSPS) is 29.4. The van der Waals surface area contributed by atoms with Crippen molar-refractivity contribution < 1.29 is 4.74 Å². The smallest absolute Gasteiger partial charge is 0.0622 e. The first kappa shape index (κ1) is 12.3. The standard InChI is InChI=1S/C13H26N2O/c1-11(2)15-7-4-12(5-8-15)14(3)13-6-9-16-10-13/h11-13H,4-10H2,1-3H3/t13-/m1/s1. The average molecular weight is 226 g/mol. The number of ether oxygens (including phenoxy) is 1. The molecule has 0 bridgehead atoms.